The molecule has 0 bridgehead atoms. The Kier molecular flexibility index (Phi) is 5.54. The van der Waals surface area contributed by atoms with Crippen LogP contribution in [0.3, 0.4) is 0 Å². The van der Waals surface area contributed by atoms with Crippen LogP contribution in [0.5, 0.6) is 0 Å². The molecule has 0 saturated heterocycles. The zero-order valence-electron chi connectivity index (χ0n) is 11.3. The minimum absolute atomic E-state index is 0.0509. The van der Waals surface area contributed by atoms with Crippen LogP contribution >= 0.6 is 34.3 Å². The molecule has 4 nitrogen and oxygen atoms in total. The molecular weight excluding hydrogens is 314 g/mol. The Morgan fingerprint density at radius 1 is 1.35 bits per heavy atom. The first-order chi connectivity index (χ1) is 9.61. The minimum Gasteiger partial charge on any atom is -0.351 e. The summed E-state index contributed by atoms with van der Waals surface area (Å²) in [6.45, 7) is 3.41. The van der Waals surface area contributed by atoms with Gasteiger partial charge in [-0.25, -0.2) is 4.98 Å². The second kappa shape index (κ2) is 7.17. The normalized spacial score (nSPS) is 10.8. The highest BCUT2D eigenvalue weighted by Gasteiger charge is 2.16. The van der Waals surface area contributed by atoms with Crippen molar-refractivity contribution in [2.45, 2.75) is 13.3 Å². The first-order valence-corrected chi connectivity index (χ1v) is 8.29. The number of thiazole rings is 1. The molecular formula is C13H16ClN3OS2. The lowest BCUT2D eigenvalue weighted by atomic mass is 10.3. The number of hydrogen-bond acceptors (Lipinski definition) is 5. The predicted molar refractivity (Wildman–Crippen MR) is 86.1 cm³/mol. The predicted octanol–water partition coefficient (Wildman–Crippen LogP) is 3.17. The van der Waals surface area contributed by atoms with Crippen molar-refractivity contribution in [3.8, 4) is 9.88 Å². The molecule has 0 aromatic carbocycles. The van der Waals surface area contributed by atoms with Crippen molar-refractivity contribution in [3.05, 3.63) is 27.0 Å². The first kappa shape index (κ1) is 15.4. The zero-order chi connectivity index (χ0) is 14.5. The van der Waals surface area contributed by atoms with Crippen molar-refractivity contribution in [3.63, 3.8) is 0 Å². The number of halogens is 1. The van der Waals surface area contributed by atoms with Crippen LogP contribution in [-0.4, -0.2) is 31.0 Å². The van der Waals surface area contributed by atoms with E-state index in [4.69, 9.17) is 11.6 Å². The van der Waals surface area contributed by atoms with E-state index in [2.05, 4.69) is 15.6 Å². The maximum absolute atomic E-state index is 12.1. The van der Waals surface area contributed by atoms with Crippen LogP contribution in [0.2, 0.25) is 4.34 Å². The fourth-order valence-electron chi connectivity index (χ4n) is 1.69. The van der Waals surface area contributed by atoms with E-state index in [-0.39, 0.29) is 5.91 Å². The average Bonchev–Trinajstić information content (AvgIpc) is 3.00. The summed E-state index contributed by atoms with van der Waals surface area (Å²) in [7, 11) is 1.90. The van der Waals surface area contributed by atoms with Gasteiger partial charge in [0.2, 0.25) is 0 Å². The SMILES string of the molecule is CNCCCNC(=O)c1sc(-c2ccc(Cl)s2)nc1C. The Morgan fingerprint density at radius 2 is 2.15 bits per heavy atom. The van der Waals surface area contributed by atoms with E-state index in [0.717, 1.165) is 32.9 Å². The Hall–Kier alpha value is -0.950. The number of carbonyl (C=O) groups is 1. The summed E-state index contributed by atoms with van der Waals surface area (Å²) in [5.74, 6) is -0.0509. The molecule has 2 rings (SSSR count). The molecule has 7 heteroatoms. The van der Waals surface area contributed by atoms with Crippen molar-refractivity contribution < 1.29 is 4.79 Å². The van der Waals surface area contributed by atoms with Crippen LogP contribution in [0.15, 0.2) is 12.1 Å². The summed E-state index contributed by atoms with van der Waals surface area (Å²) < 4.78 is 0.728. The largest absolute Gasteiger partial charge is 0.351 e. The maximum atomic E-state index is 12.1. The smallest absolute Gasteiger partial charge is 0.263 e. The average molecular weight is 330 g/mol. The molecule has 0 atom stereocenters. The van der Waals surface area contributed by atoms with Gasteiger partial charge in [-0.1, -0.05) is 11.6 Å². The third-order valence-corrected chi connectivity index (χ3v) is 5.23. The molecule has 108 valence electrons. The number of aromatic nitrogens is 1. The van der Waals surface area contributed by atoms with Crippen molar-refractivity contribution >= 4 is 40.2 Å². The molecule has 0 aliphatic carbocycles. The quantitative estimate of drug-likeness (QED) is 0.800. The van der Waals surface area contributed by atoms with E-state index in [1.54, 1.807) is 0 Å². The van der Waals surface area contributed by atoms with Gasteiger partial charge in [0.15, 0.2) is 0 Å². The van der Waals surface area contributed by atoms with E-state index < -0.39 is 0 Å². The van der Waals surface area contributed by atoms with Gasteiger partial charge in [0.25, 0.3) is 5.91 Å². The first-order valence-electron chi connectivity index (χ1n) is 6.27. The van der Waals surface area contributed by atoms with Gasteiger partial charge >= 0.3 is 0 Å². The molecule has 2 N–H and O–H groups in total. The van der Waals surface area contributed by atoms with E-state index in [1.807, 2.05) is 26.1 Å². The van der Waals surface area contributed by atoms with Gasteiger partial charge in [0.05, 0.1) is 14.9 Å². The third-order valence-electron chi connectivity index (χ3n) is 2.68. The van der Waals surface area contributed by atoms with Gasteiger partial charge in [-0.3, -0.25) is 4.79 Å². The van der Waals surface area contributed by atoms with Gasteiger partial charge < -0.3 is 10.6 Å². The highest BCUT2D eigenvalue weighted by Crippen LogP contribution is 2.34. The van der Waals surface area contributed by atoms with Crippen LogP contribution in [-0.2, 0) is 0 Å². The summed E-state index contributed by atoms with van der Waals surface area (Å²) in [5, 5.41) is 6.81. The summed E-state index contributed by atoms with van der Waals surface area (Å²) >= 11 is 8.81. The number of hydrogen-bond donors (Lipinski definition) is 2. The Balaban J connectivity index is 2.05. The lowest BCUT2D eigenvalue weighted by Gasteiger charge is -2.03. The molecule has 2 aromatic rings. The Labute approximate surface area is 131 Å². The van der Waals surface area contributed by atoms with E-state index in [1.165, 1.54) is 22.7 Å². The molecule has 1 amide bonds. The molecule has 2 heterocycles. The fourth-order valence-corrected chi connectivity index (χ4v) is 3.77. The molecule has 0 aliphatic heterocycles. The van der Waals surface area contributed by atoms with E-state index >= 15 is 0 Å². The molecule has 0 unspecified atom stereocenters. The number of thiophene rings is 1. The topological polar surface area (TPSA) is 54.0 Å². The standard InChI is InChI=1S/C13H16ClN3OS2/c1-8-11(12(18)16-7-3-6-15-2)20-13(17-8)9-4-5-10(14)19-9/h4-5,15H,3,6-7H2,1-2H3,(H,16,18). The number of nitrogens with one attached hydrogen (secondary N) is 2. The van der Waals surface area contributed by atoms with Crippen molar-refractivity contribution in [2.75, 3.05) is 20.1 Å². The Morgan fingerprint density at radius 3 is 2.80 bits per heavy atom. The van der Waals surface area contributed by atoms with Gasteiger partial charge in [0, 0.05) is 6.54 Å². The summed E-state index contributed by atoms with van der Waals surface area (Å²) in [4.78, 5) is 18.2. The molecule has 0 saturated carbocycles. The van der Waals surface area contributed by atoms with Gasteiger partial charge in [-0.2, -0.15) is 0 Å². The third kappa shape index (κ3) is 3.79. The monoisotopic (exact) mass is 329 g/mol. The fraction of sp³-hybridized carbons (Fsp3) is 0.385. The van der Waals surface area contributed by atoms with Crippen molar-refractivity contribution in [1.82, 2.24) is 15.6 Å². The van der Waals surface area contributed by atoms with Crippen LogP contribution in [0, 0.1) is 6.92 Å². The highest BCUT2D eigenvalue weighted by atomic mass is 35.5. The minimum atomic E-state index is -0.0509. The summed E-state index contributed by atoms with van der Waals surface area (Å²) in [5.41, 5.74) is 0.764. The second-order valence-electron chi connectivity index (χ2n) is 4.25. The van der Waals surface area contributed by atoms with E-state index in [0.29, 0.717) is 11.4 Å². The van der Waals surface area contributed by atoms with Gasteiger partial charge in [0.1, 0.15) is 9.88 Å². The van der Waals surface area contributed by atoms with Gasteiger partial charge in [-0.15, -0.1) is 22.7 Å². The van der Waals surface area contributed by atoms with Crippen LogP contribution in [0.1, 0.15) is 21.8 Å². The summed E-state index contributed by atoms with van der Waals surface area (Å²) in [6, 6.07) is 3.77. The van der Waals surface area contributed by atoms with Crippen molar-refractivity contribution in [2.24, 2.45) is 0 Å². The number of carbonyl (C=O) groups excluding carboxylic acids is 1. The zero-order valence-corrected chi connectivity index (χ0v) is 13.7. The maximum Gasteiger partial charge on any atom is 0.263 e. The molecule has 0 radical (unpaired) electrons. The molecule has 0 spiro atoms. The van der Waals surface area contributed by atoms with Gasteiger partial charge in [-0.05, 0) is 39.1 Å². The molecule has 0 aliphatic rings. The van der Waals surface area contributed by atoms with Crippen molar-refractivity contribution in [1.29, 1.82) is 0 Å². The number of nitrogens with zero attached hydrogens (tertiary/aromatic N) is 1. The second-order valence-corrected chi connectivity index (χ2v) is 6.96. The Bertz CT molecular complexity index is 594. The lowest BCUT2D eigenvalue weighted by molar-refractivity contribution is 0.0956. The molecule has 20 heavy (non-hydrogen) atoms. The van der Waals surface area contributed by atoms with Crippen LogP contribution < -0.4 is 10.6 Å². The van der Waals surface area contributed by atoms with Crippen LogP contribution in [0.25, 0.3) is 9.88 Å². The number of aryl methyl sites for hydroxylation is 1. The number of amides is 1. The van der Waals surface area contributed by atoms with Crippen LogP contribution in [0.4, 0.5) is 0 Å². The highest BCUT2D eigenvalue weighted by molar-refractivity contribution is 7.24. The van der Waals surface area contributed by atoms with E-state index in [9.17, 15) is 4.79 Å². The summed E-state index contributed by atoms with van der Waals surface area (Å²) in [6.07, 6.45) is 0.910. The number of rotatable bonds is 6. The molecule has 0 fully saturated rings. The molecule has 2 aromatic heterocycles. The lowest BCUT2D eigenvalue weighted by Crippen LogP contribution is -2.26.